The first-order chi connectivity index (χ1) is 14.5. The van der Waals surface area contributed by atoms with Gasteiger partial charge in [0, 0.05) is 17.8 Å². The zero-order chi connectivity index (χ0) is 21.3. The first-order valence-corrected chi connectivity index (χ1v) is 10.1. The third-order valence-electron chi connectivity index (χ3n) is 4.53. The zero-order valence-corrected chi connectivity index (χ0v) is 17.2. The van der Waals surface area contributed by atoms with Crippen LogP contribution in [-0.4, -0.2) is 17.9 Å². The van der Waals surface area contributed by atoms with E-state index < -0.39 is 6.10 Å². The molecule has 0 radical (unpaired) electrons. The second-order valence-electron chi connectivity index (χ2n) is 7.02. The quantitative estimate of drug-likeness (QED) is 0.523. The molecule has 2 N–H and O–H groups in total. The smallest absolute Gasteiger partial charge is 0.265 e. The minimum Gasteiger partial charge on any atom is -0.481 e. The predicted octanol–water partition coefficient (Wildman–Crippen LogP) is 5.50. The molecule has 0 bridgehead atoms. The summed E-state index contributed by atoms with van der Waals surface area (Å²) in [4.78, 5) is 24.3. The molecule has 0 saturated heterocycles. The Morgan fingerprint density at radius 1 is 0.833 bits per heavy atom. The second-order valence-corrected chi connectivity index (χ2v) is 7.02. The molecule has 0 aliphatic carbocycles. The molecule has 1 unspecified atom stereocenters. The maximum absolute atomic E-state index is 12.5. The Kier molecular flexibility index (Phi) is 7.22. The summed E-state index contributed by atoms with van der Waals surface area (Å²) in [6.07, 6.45) is 0.569. The van der Waals surface area contributed by atoms with Crippen molar-refractivity contribution in [1.29, 1.82) is 0 Å². The van der Waals surface area contributed by atoms with Gasteiger partial charge in [0.25, 0.3) is 5.91 Å². The van der Waals surface area contributed by atoms with Crippen LogP contribution in [0.3, 0.4) is 0 Å². The van der Waals surface area contributed by atoms with Crippen LogP contribution < -0.4 is 15.4 Å². The lowest BCUT2D eigenvalue weighted by Gasteiger charge is -2.15. The molecule has 5 nitrogen and oxygen atoms in total. The van der Waals surface area contributed by atoms with Gasteiger partial charge in [0.2, 0.25) is 5.91 Å². The fraction of sp³-hybridized carbons (Fsp3) is 0.200. The van der Waals surface area contributed by atoms with E-state index in [9.17, 15) is 9.59 Å². The Morgan fingerprint density at radius 2 is 1.47 bits per heavy atom. The SMILES string of the molecule is CCCC(=O)Nc1cccc(NC(=O)C(C)Oc2ccc(-c3ccccc3)cc2)c1. The van der Waals surface area contributed by atoms with Gasteiger partial charge in [0.1, 0.15) is 5.75 Å². The average Bonchev–Trinajstić information content (AvgIpc) is 2.75. The van der Waals surface area contributed by atoms with Crippen LogP contribution in [0.1, 0.15) is 26.7 Å². The van der Waals surface area contributed by atoms with Crippen LogP contribution in [-0.2, 0) is 9.59 Å². The highest BCUT2D eigenvalue weighted by Crippen LogP contribution is 2.23. The number of hydrogen-bond acceptors (Lipinski definition) is 3. The van der Waals surface area contributed by atoms with Crippen molar-refractivity contribution in [3.63, 3.8) is 0 Å². The van der Waals surface area contributed by atoms with Crippen LogP contribution in [0.15, 0.2) is 78.9 Å². The number of hydrogen-bond donors (Lipinski definition) is 2. The van der Waals surface area contributed by atoms with Crippen LogP contribution >= 0.6 is 0 Å². The number of carbonyl (C=O) groups is 2. The molecule has 0 aliphatic heterocycles. The number of rotatable bonds is 8. The molecule has 0 aromatic heterocycles. The molecule has 0 aliphatic rings. The van der Waals surface area contributed by atoms with Crippen molar-refractivity contribution >= 4 is 23.2 Å². The highest BCUT2D eigenvalue weighted by Gasteiger charge is 2.15. The number of carbonyl (C=O) groups excluding carboxylic acids is 2. The first kappa shape index (κ1) is 21.1. The minimum absolute atomic E-state index is 0.0448. The van der Waals surface area contributed by atoms with Crippen LogP contribution in [0.25, 0.3) is 11.1 Å². The van der Waals surface area contributed by atoms with Crippen LogP contribution in [0.2, 0.25) is 0 Å². The van der Waals surface area contributed by atoms with Gasteiger partial charge in [-0.3, -0.25) is 9.59 Å². The molecule has 154 valence electrons. The topological polar surface area (TPSA) is 67.4 Å². The van der Waals surface area contributed by atoms with Gasteiger partial charge in [-0.25, -0.2) is 0 Å². The molecule has 3 aromatic rings. The Morgan fingerprint density at radius 3 is 2.13 bits per heavy atom. The second kappa shape index (κ2) is 10.3. The fourth-order valence-electron chi connectivity index (χ4n) is 2.98. The third kappa shape index (κ3) is 5.95. The van der Waals surface area contributed by atoms with Gasteiger partial charge in [-0.15, -0.1) is 0 Å². The summed E-state index contributed by atoms with van der Waals surface area (Å²) in [6, 6.07) is 24.8. The van der Waals surface area contributed by atoms with E-state index >= 15 is 0 Å². The van der Waals surface area contributed by atoms with Crippen LogP contribution in [0, 0.1) is 0 Å². The lowest BCUT2D eigenvalue weighted by atomic mass is 10.1. The monoisotopic (exact) mass is 402 g/mol. The van der Waals surface area contributed by atoms with E-state index in [4.69, 9.17) is 4.74 Å². The van der Waals surface area contributed by atoms with Crippen molar-refractivity contribution < 1.29 is 14.3 Å². The van der Waals surface area contributed by atoms with E-state index in [1.165, 1.54) is 0 Å². The molecular weight excluding hydrogens is 376 g/mol. The summed E-state index contributed by atoms with van der Waals surface area (Å²) in [5, 5.41) is 5.65. The first-order valence-electron chi connectivity index (χ1n) is 10.1. The molecule has 0 fully saturated rings. The predicted molar refractivity (Wildman–Crippen MR) is 121 cm³/mol. The van der Waals surface area contributed by atoms with Crippen molar-refractivity contribution in [3.05, 3.63) is 78.9 Å². The van der Waals surface area contributed by atoms with Crippen molar-refractivity contribution in [3.8, 4) is 16.9 Å². The Bertz CT molecular complexity index is 985. The largest absolute Gasteiger partial charge is 0.481 e. The molecular formula is C25H26N2O3. The molecule has 3 aromatic carbocycles. The van der Waals surface area contributed by atoms with Gasteiger partial charge in [-0.2, -0.15) is 0 Å². The molecule has 5 heteroatoms. The van der Waals surface area contributed by atoms with Gasteiger partial charge < -0.3 is 15.4 Å². The molecule has 0 saturated carbocycles. The Hall–Kier alpha value is -3.60. The standard InChI is InChI=1S/C25H26N2O3/c1-3-8-24(28)26-21-11-7-12-22(17-21)27-25(29)18(2)30-23-15-13-20(14-16-23)19-9-5-4-6-10-19/h4-7,9-18H,3,8H2,1-2H3,(H,26,28)(H,27,29). The van der Waals surface area contributed by atoms with E-state index in [2.05, 4.69) is 10.6 Å². The van der Waals surface area contributed by atoms with Gasteiger partial charge >= 0.3 is 0 Å². The van der Waals surface area contributed by atoms with Gasteiger partial charge in [-0.1, -0.05) is 55.5 Å². The fourth-order valence-corrected chi connectivity index (χ4v) is 2.98. The molecule has 2 amide bonds. The Labute approximate surface area is 177 Å². The molecule has 3 rings (SSSR count). The summed E-state index contributed by atoms with van der Waals surface area (Å²) in [7, 11) is 0. The third-order valence-corrected chi connectivity index (χ3v) is 4.53. The lowest BCUT2D eigenvalue weighted by Crippen LogP contribution is -2.30. The van der Waals surface area contributed by atoms with E-state index in [0.29, 0.717) is 23.5 Å². The number of anilines is 2. The summed E-state index contributed by atoms with van der Waals surface area (Å²) in [5.74, 6) is 0.314. The molecule has 30 heavy (non-hydrogen) atoms. The summed E-state index contributed by atoms with van der Waals surface area (Å²) in [6.45, 7) is 3.65. The molecule has 1 atom stereocenters. The Balaban J connectivity index is 1.58. The van der Waals surface area contributed by atoms with E-state index in [1.807, 2.05) is 61.5 Å². The minimum atomic E-state index is -0.675. The van der Waals surface area contributed by atoms with Crippen LogP contribution in [0.4, 0.5) is 11.4 Å². The molecule has 0 spiro atoms. The normalized spacial score (nSPS) is 11.4. The lowest BCUT2D eigenvalue weighted by molar-refractivity contribution is -0.122. The van der Waals surface area contributed by atoms with E-state index in [0.717, 1.165) is 17.5 Å². The van der Waals surface area contributed by atoms with E-state index in [1.54, 1.807) is 31.2 Å². The maximum atomic E-state index is 12.5. The number of benzene rings is 3. The summed E-state index contributed by atoms with van der Waals surface area (Å²) < 4.78 is 5.78. The number of amides is 2. The highest BCUT2D eigenvalue weighted by atomic mass is 16.5. The van der Waals surface area contributed by atoms with Gasteiger partial charge in [0.15, 0.2) is 6.10 Å². The number of ether oxygens (including phenoxy) is 1. The summed E-state index contributed by atoms with van der Waals surface area (Å²) >= 11 is 0. The van der Waals surface area contributed by atoms with Crippen molar-refractivity contribution in [1.82, 2.24) is 0 Å². The van der Waals surface area contributed by atoms with Gasteiger partial charge in [-0.05, 0) is 54.8 Å². The van der Waals surface area contributed by atoms with Gasteiger partial charge in [0.05, 0.1) is 0 Å². The maximum Gasteiger partial charge on any atom is 0.265 e. The highest BCUT2D eigenvalue weighted by molar-refractivity contribution is 5.96. The zero-order valence-electron chi connectivity index (χ0n) is 17.2. The van der Waals surface area contributed by atoms with Crippen molar-refractivity contribution in [2.45, 2.75) is 32.8 Å². The molecule has 0 heterocycles. The summed E-state index contributed by atoms with van der Waals surface area (Å²) in [5.41, 5.74) is 3.46. The van der Waals surface area contributed by atoms with Crippen LogP contribution in [0.5, 0.6) is 5.75 Å². The van der Waals surface area contributed by atoms with E-state index in [-0.39, 0.29) is 11.8 Å². The van der Waals surface area contributed by atoms with Crippen molar-refractivity contribution in [2.75, 3.05) is 10.6 Å². The number of nitrogens with one attached hydrogen (secondary N) is 2. The van der Waals surface area contributed by atoms with Crippen molar-refractivity contribution in [2.24, 2.45) is 0 Å². The average molecular weight is 402 g/mol.